The third-order valence-corrected chi connectivity index (χ3v) is 4.92. The van der Waals surface area contributed by atoms with Crippen LogP contribution in [0.5, 0.6) is 5.75 Å². The summed E-state index contributed by atoms with van der Waals surface area (Å²) in [4.78, 5) is 37.5. The second-order valence-corrected chi connectivity index (χ2v) is 6.96. The molecule has 0 saturated carbocycles. The summed E-state index contributed by atoms with van der Waals surface area (Å²) in [5.74, 6) is -1.88. The standard InChI is InChI=1S/C21H22N2O5/c1-13-2-7-17(18(24)12-13)19(25)22-16-5-3-14(4-6-16)20(26)23-10-8-15(9-11-23)21(27)28/h2-7,12,15,24H,8-11H2,1H3,(H,22,25)(H,27,28). The summed E-state index contributed by atoms with van der Waals surface area (Å²) >= 11 is 0. The number of rotatable bonds is 4. The third kappa shape index (κ3) is 4.31. The lowest BCUT2D eigenvalue weighted by Gasteiger charge is -2.30. The van der Waals surface area contributed by atoms with Crippen molar-refractivity contribution in [3.63, 3.8) is 0 Å². The Morgan fingerprint density at radius 1 is 1.04 bits per heavy atom. The first kappa shape index (κ1) is 19.4. The zero-order chi connectivity index (χ0) is 20.3. The van der Waals surface area contributed by atoms with Gasteiger partial charge in [0.2, 0.25) is 0 Å². The summed E-state index contributed by atoms with van der Waals surface area (Å²) < 4.78 is 0. The molecule has 0 aliphatic carbocycles. The Hall–Kier alpha value is -3.35. The highest BCUT2D eigenvalue weighted by Crippen LogP contribution is 2.22. The van der Waals surface area contributed by atoms with Gasteiger partial charge in [0.1, 0.15) is 5.75 Å². The van der Waals surface area contributed by atoms with Gasteiger partial charge in [0.25, 0.3) is 11.8 Å². The van der Waals surface area contributed by atoms with Gasteiger partial charge in [-0.25, -0.2) is 0 Å². The summed E-state index contributed by atoms with van der Waals surface area (Å²) in [6.45, 7) is 2.66. The van der Waals surface area contributed by atoms with Crippen molar-refractivity contribution in [3.8, 4) is 5.75 Å². The van der Waals surface area contributed by atoms with E-state index in [0.29, 0.717) is 37.2 Å². The van der Waals surface area contributed by atoms with Crippen LogP contribution in [0.2, 0.25) is 0 Å². The molecule has 0 bridgehead atoms. The maximum absolute atomic E-state index is 12.6. The van der Waals surface area contributed by atoms with E-state index in [4.69, 9.17) is 5.11 Å². The summed E-state index contributed by atoms with van der Waals surface area (Å²) in [7, 11) is 0. The quantitative estimate of drug-likeness (QED) is 0.754. The number of hydrogen-bond donors (Lipinski definition) is 3. The molecule has 146 valence electrons. The molecule has 2 aromatic carbocycles. The molecule has 1 aliphatic heterocycles. The van der Waals surface area contributed by atoms with E-state index in [0.717, 1.165) is 5.56 Å². The summed E-state index contributed by atoms with van der Waals surface area (Å²) in [5, 5.41) is 21.6. The first-order valence-electron chi connectivity index (χ1n) is 9.08. The van der Waals surface area contributed by atoms with Gasteiger partial charge in [0, 0.05) is 24.3 Å². The number of carbonyl (C=O) groups excluding carboxylic acids is 2. The van der Waals surface area contributed by atoms with Gasteiger partial charge in [-0.05, 0) is 61.7 Å². The Labute approximate surface area is 162 Å². The van der Waals surface area contributed by atoms with E-state index >= 15 is 0 Å². The number of amides is 2. The predicted molar refractivity (Wildman–Crippen MR) is 104 cm³/mol. The maximum Gasteiger partial charge on any atom is 0.306 e. The Morgan fingerprint density at radius 2 is 1.68 bits per heavy atom. The molecular formula is C21H22N2O5. The van der Waals surface area contributed by atoms with Crippen molar-refractivity contribution in [3.05, 3.63) is 59.2 Å². The average molecular weight is 382 g/mol. The van der Waals surface area contributed by atoms with Crippen molar-refractivity contribution in [2.45, 2.75) is 19.8 Å². The van der Waals surface area contributed by atoms with Gasteiger partial charge in [-0.1, -0.05) is 6.07 Å². The lowest BCUT2D eigenvalue weighted by Crippen LogP contribution is -2.40. The number of hydrogen-bond acceptors (Lipinski definition) is 4. The molecule has 7 heteroatoms. The lowest BCUT2D eigenvalue weighted by molar-refractivity contribution is -0.143. The molecule has 0 spiro atoms. The molecule has 1 saturated heterocycles. The second-order valence-electron chi connectivity index (χ2n) is 6.96. The Kier molecular flexibility index (Phi) is 5.63. The van der Waals surface area contributed by atoms with Crippen LogP contribution in [-0.4, -0.2) is 46.0 Å². The summed E-state index contributed by atoms with van der Waals surface area (Å²) in [5.41, 5.74) is 2.01. The number of carboxylic acids is 1. The molecule has 0 aromatic heterocycles. The van der Waals surface area contributed by atoms with E-state index in [1.54, 1.807) is 41.3 Å². The molecule has 1 heterocycles. The molecule has 3 rings (SSSR count). The maximum atomic E-state index is 12.6. The average Bonchev–Trinajstić information content (AvgIpc) is 2.68. The number of aromatic hydroxyl groups is 1. The highest BCUT2D eigenvalue weighted by atomic mass is 16.4. The van der Waals surface area contributed by atoms with Gasteiger partial charge in [0.15, 0.2) is 0 Å². The number of aryl methyl sites for hydroxylation is 1. The van der Waals surface area contributed by atoms with Crippen molar-refractivity contribution in [2.24, 2.45) is 5.92 Å². The largest absolute Gasteiger partial charge is 0.507 e. The number of carbonyl (C=O) groups is 3. The van der Waals surface area contributed by atoms with E-state index < -0.39 is 11.9 Å². The molecule has 0 unspecified atom stereocenters. The van der Waals surface area contributed by atoms with Gasteiger partial charge in [0.05, 0.1) is 11.5 Å². The van der Waals surface area contributed by atoms with E-state index in [2.05, 4.69) is 5.32 Å². The number of benzene rings is 2. The lowest BCUT2D eigenvalue weighted by atomic mass is 9.96. The van der Waals surface area contributed by atoms with Crippen molar-refractivity contribution in [1.29, 1.82) is 0 Å². The minimum Gasteiger partial charge on any atom is -0.507 e. The first-order chi connectivity index (χ1) is 13.3. The molecule has 2 amide bonds. The van der Waals surface area contributed by atoms with Crippen LogP contribution in [0.4, 0.5) is 5.69 Å². The predicted octanol–water partition coefficient (Wildman–Crippen LogP) is 2.89. The number of carboxylic acid groups (broad SMARTS) is 1. The normalized spacial score (nSPS) is 14.5. The third-order valence-electron chi connectivity index (χ3n) is 4.92. The van der Waals surface area contributed by atoms with Gasteiger partial charge < -0.3 is 20.4 Å². The number of nitrogens with one attached hydrogen (secondary N) is 1. The van der Waals surface area contributed by atoms with Crippen molar-refractivity contribution < 1.29 is 24.6 Å². The van der Waals surface area contributed by atoms with Crippen LogP contribution in [0.3, 0.4) is 0 Å². The number of nitrogens with zero attached hydrogens (tertiary/aromatic N) is 1. The monoisotopic (exact) mass is 382 g/mol. The van der Waals surface area contributed by atoms with Crippen LogP contribution in [0, 0.1) is 12.8 Å². The minimum absolute atomic E-state index is 0.0888. The number of phenolic OH excluding ortho intramolecular Hbond substituents is 1. The highest BCUT2D eigenvalue weighted by molar-refractivity contribution is 6.06. The smallest absolute Gasteiger partial charge is 0.306 e. The first-order valence-corrected chi connectivity index (χ1v) is 9.08. The van der Waals surface area contributed by atoms with Crippen LogP contribution in [-0.2, 0) is 4.79 Å². The molecular weight excluding hydrogens is 360 g/mol. The fourth-order valence-corrected chi connectivity index (χ4v) is 3.24. The Balaban J connectivity index is 1.62. The number of aliphatic carboxylic acids is 1. The van der Waals surface area contributed by atoms with Gasteiger partial charge >= 0.3 is 5.97 Å². The molecule has 0 radical (unpaired) electrons. The van der Waals surface area contributed by atoms with Gasteiger partial charge in [-0.3, -0.25) is 14.4 Å². The zero-order valence-corrected chi connectivity index (χ0v) is 15.5. The van der Waals surface area contributed by atoms with E-state index in [9.17, 15) is 19.5 Å². The van der Waals surface area contributed by atoms with E-state index in [-0.39, 0.29) is 23.1 Å². The van der Waals surface area contributed by atoms with Crippen LogP contribution in [0.1, 0.15) is 39.1 Å². The molecule has 7 nitrogen and oxygen atoms in total. The number of piperidine rings is 1. The minimum atomic E-state index is -0.813. The van der Waals surface area contributed by atoms with Crippen LogP contribution < -0.4 is 5.32 Å². The van der Waals surface area contributed by atoms with Crippen LogP contribution in [0.25, 0.3) is 0 Å². The molecule has 3 N–H and O–H groups in total. The summed E-state index contributed by atoms with van der Waals surface area (Å²) in [6.07, 6.45) is 0.907. The topological polar surface area (TPSA) is 107 Å². The Morgan fingerprint density at radius 3 is 2.25 bits per heavy atom. The number of phenols is 1. The van der Waals surface area contributed by atoms with Crippen molar-refractivity contribution >= 4 is 23.5 Å². The SMILES string of the molecule is Cc1ccc(C(=O)Nc2ccc(C(=O)N3CCC(C(=O)O)CC3)cc2)c(O)c1. The van der Waals surface area contributed by atoms with E-state index in [1.807, 2.05) is 6.92 Å². The van der Waals surface area contributed by atoms with Crippen LogP contribution >= 0.6 is 0 Å². The van der Waals surface area contributed by atoms with Crippen molar-refractivity contribution in [2.75, 3.05) is 18.4 Å². The zero-order valence-electron chi connectivity index (χ0n) is 15.5. The second kappa shape index (κ2) is 8.12. The van der Waals surface area contributed by atoms with Gasteiger partial charge in [-0.15, -0.1) is 0 Å². The molecule has 1 aliphatic rings. The fraction of sp³-hybridized carbons (Fsp3) is 0.286. The number of likely N-dealkylation sites (tertiary alicyclic amines) is 1. The summed E-state index contributed by atoms with van der Waals surface area (Å²) in [6, 6.07) is 11.3. The number of anilines is 1. The fourth-order valence-electron chi connectivity index (χ4n) is 3.24. The Bertz CT molecular complexity index is 900. The van der Waals surface area contributed by atoms with Gasteiger partial charge in [-0.2, -0.15) is 0 Å². The van der Waals surface area contributed by atoms with Crippen molar-refractivity contribution in [1.82, 2.24) is 4.90 Å². The highest BCUT2D eigenvalue weighted by Gasteiger charge is 2.27. The molecule has 1 fully saturated rings. The van der Waals surface area contributed by atoms with E-state index in [1.165, 1.54) is 6.07 Å². The molecule has 2 aromatic rings. The van der Waals surface area contributed by atoms with Crippen LogP contribution in [0.15, 0.2) is 42.5 Å². The molecule has 0 atom stereocenters. The molecule has 28 heavy (non-hydrogen) atoms.